The Hall–Kier alpha value is -2.91. The Bertz CT molecular complexity index is 1410. The maximum absolute atomic E-state index is 13.6. The van der Waals surface area contributed by atoms with Gasteiger partial charge >= 0.3 is 0 Å². The van der Waals surface area contributed by atoms with Crippen molar-refractivity contribution in [1.29, 1.82) is 0 Å². The van der Waals surface area contributed by atoms with E-state index in [2.05, 4.69) is 20.6 Å². The molecule has 0 aliphatic carbocycles. The van der Waals surface area contributed by atoms with Gasteiger partial charge < -0.3 is 25.5 Å². The standard InChI is InChI=1S/C23H19Cl2FN4O3/c24-16-5-12(26)6-17(25)20(16)30-21-14-3-4-27-22(32)19(14)15-7-13(1-2-18(15)29-21)28-8-23(9-31)10-33-11-23/h1-7,28,31H,8-11H2,(H,27,32)(H,29,30). The second kappa shape index (κ2) is 8.46. The van der Waals surface area contributed by atoms with Crippen molar-refractivity contribution in [3.05, 3.63) is 68.8 Å². The van der Waals surface area contributed by atoms with Gasteiger partial charge in [-0.2, -0.15) is 0 Å². The van der Waals surface area contributed by atoms with Gasteiger partial charge in [0, 0.05) is 29.2 Å². The highest BCUT2D eigenvalue weighted by Gasteiger charge is 2.37. The summed E-state index contributed by atoms with van der Waals surface area (Å²) in [6.07, 6.45) is 1.53. The number of H-pyrrole nitrogens is 1. The van der Waals surface area contributed by atoms with Crippen LogP contribution in [0.5, 0.6) is 0 Å². The van der Waals surface area contributed by atoms with Crippen LogP contribution in [-0.4, -0.2) is 41.4 Å². The normalized spacial score (nSPS) is 14.9. The largest absolute Gasteiger partial charge is 0.396 e. The molecule has 1 saturated heterocycles. The smallest absolute Gasteiger partial charge is 0.256 e. The number of hydrogen-bond acceptors (Lipinski definition) is 6. The molecule has 0 unspecified atom stereocenters. The molecule has 0 bridgehead atoms. The highest BCUT2D eigenvalue weighted by molar-refractivity contribution is 6.39. The van der Waals surface area contributed by atoms with Crippen molar-refractivity contribution in [2.75, 3.05) is 37.0 Å². The first-order chi connectivity index (χ1) is 15.9. The minimum atomic E-state index is -0.556. The molecular weight excluding hydrogens is 470 g/mol. The van der Waals surface area contributed by atoms with Gasteiger partial charge in [0.15, 0.2) is 0 Å². The van der Waals surface area contributed by atoms with E-state index in [9.17, 15) is 14.3 Å². The van der Waals surface area contributed by atoms with Crippen molar-refractivity contribution in [3.8, 4) is 0 Å². The van der Waals surface area contributed by atoms with Gasteiger partial charge in [0.05, 0.1) is 51.9 Å². The zero-order chi connectivity index (χ0) is 23.2. The zero-order valence-corrected chi connectivity index (χ0v) is 18.7. The number of halogens is 3. The van der Waals surface area contributed by atoms with E-state index in [0.717, 1.165) is 17.8 Å². The molecule has 0 atom stereocenters. The Morgan fingerprint density at radius 1 is 1.15 bits per heavy atom. The van der Waals surface area contributed by atoms with Gasteiger partial charge in [-0.1, -0.05) is 23.2 Å². The number of anilines is 3. The predicted molar refractivity (Wildman–Crippen MR) is 128 cm³/mol. The van der Waals surface area contributed by atoms with Gasteiger partial charge in [0.1, 0.15) is 11.6 Å². The lowest BCUT2D eigenvalue weighted by Gasteiger charge is -2.40. The molecule has 0 amide bonds. The molecule has 7 nitrogen and oxygen atoms in total. The van der Waals surface area contributed by atoms with Gasteiger partial charge in [0.2, 0.25) is 0 Å². The number of aliphatic hydroxyl groups is 1. The van der Waals surface area contributed by atoms with Crippen LogP contribution in [0.4, 0.5) is 21.6 Å². The summed E-state index contributed by atoms with van der Waals surface area (Å²) >= 11 is 12.4. The summed E-state index contributed by atoms with van der Waals surface area (Å²) in [7, 11) is 0. The molecule has 4 N–H and O–H groups in total. The van der Waals surface area contributed by atoms with E-state index in [1.165, 1.54) is 6.20 Å². The van der Waals surface area contributed by atoms with Crippen LogP contribution in [-0.2, 0) is 4.74 Å². The summed E-state index contributed by atoms with van der Waals surface area (Å²) in [5.74, 6) is -0.189. The van der Waals surface area contributed by atoms with E-state index < -0.39 is 5.82 Å². The Morgan fingerprint density at radius 2 is 1.91 bits per heavy atom. The third kappa shape index (κ3) is 4.00. The SMILES string of the molecule is O=c1[nH]ccc2c(Nc3c(Cl)cc(F)cc3Cl)nc3ccc(NCC4(CO)COC4)cc3c12. The molecule has 2 aromatic carbocycles. The Balaban J connectivity index is 1.59. The fraction of sp³-hybridized carbons (Fsp3) is 0.217. The van der Waals surface area contributed by atoms with Crippen LogP contribution >= 0.6 is 23.2 Å². The summed E-state index contributed by atoms with van der Waals surface area (Å²) in [5.41, 5.74) is 1.08. The molecule has 3 heterocycles. The Morgan fingerprint density at radius 3 is 2.58 bits per heavy atom. The summed E-state index contributed by atoms with van der Waals surface area (Å²) in [4.78, 5) is 20.2. The molecule has 0 spiro atoms. The number of aromatic amines is 1. The molecular formula is C23H19Cl2FN4O3. The molecule has 33 heavy (non-hydrogen) atoms. The first-order valence-corrected chi connectivity index (χ1v) is 10.9. The van der Waals surface area contributed by atoms with Crippen molar-refractivity contribution in [1.82, 2.24) is 9.97 Å². The monoisotopic (exact) mass is 488 g/mol. The summed E-state index contributed by atoms with van der Waals surface area (Å²) in [6.45, 7) is 1.56. The number of ether oxygens (including phenoxy) is 1. The van der Waals surface area contributed by atoms with Gasteiger partial charge in [0.25, 0.3) is 5.56 Å². The van der Waals surface area contributed by atoms with Crippen LogP contribution < -0.4 is 16.2 Å². The topological polar surface area (TPSA) is 99.3 Å². The summed E-state index contributed by atoms with van der Waals surface area (Å²) in [6, 6.07) is 9.53. The van der Waals surface area contributed by atoms with Crippen LogP contribution in [0.15, 0.2) is 47.4 Å². The molecule has 10 heteroatoms. The first kappa shape index (κ1) is 21.9. The molecule has 4 aromatic rings. The van der Waals surface area contributed by atoms with Crippen molar-refractivity contribution in [2.45, 2.75) is 0 Å². The van der Waals surface area contributed by atoms with Crippen molar-refractivity contribution < 1.29 is 14.2 Å². The molecule has 1 aliphatic rings. The number of nitrogens with zero attached hydrogens (tertiary/aromatic N) is 1. The van der Waals surface area contributed by atoms with E-state index in [0.29, 0.717) is 52.9 Å². The lowest BCUT2D eigenvalue weighted by Crippen LogP contribution is -2.50. The maximum Gasteiger partial charge on any atom is 0.256 e. The van der Waals surface area contributed by atoms with Crippen LogP contribution in [0.1, 0.15) is 0 Å². The number of aliphatic hydroxyl groups excluding tert-OH is 1. The number of pyridine rings is 2. The maximum atomic E-state index is 13.6. The highest BCUT2D eigenvalue weighted by Crippen LogP contribution is 2.37. The summed E-state index contributed by atoms with van der Waals surface area (Å²) < 4.78 is 18.8. The number of benzene rings is 2. The van der Waals surface area contributed by atoms with E-state index >= 15 is 0 Å². The van der Waals surface area contributed by atoms with Crippen molar-refractivity contribution >= 4 is 62.1 Å². The average Bonchev–Trinajstić information content (AvgIpc) is 2.76. The summed E-state index contributed by atoms with van der Waals surface area (Å²) in [5, 5.41) is 17.9. The van der Waals surface area contributed by atoms with Gasteiger partial charge in [-0.15, -0.1) is 0 Å². The molecule has 170 valence electrons. The average molecular weight is 489 g/mol. The number of aromatic nitrogens is 2. The molecule has 0 saturated carbocycles. The minimum absolute atomic E-state index is 0.0290. The number of fused-ring (bicyclic) bond motifs is 3. The Labute approximate surface area is 197 Å². The second-order valence-electron chi connectivity index (χ2n) is 8.16. The zero-order valence-electron chi connectivity index (χ0n) is 17.2. The molecule has 1 aliphatic heterocycles. The lowest BCUT2D eigenvalue weighted by atomic mass is 9.87. The van der Waals surface area contributed by atoms with Crippen molar-refractivity contribution in [2.24, 2.45) is 5.41 Å². The van der Waals surface area contributed by atoms with Gasteiger partial charge in [-0.05, 0) is 36.4 Å². The van der Waals surface area contributed by atoms with Crippen LogP contribution in [0, 0.1) is 11.2 Å². The third-order valence-electron chi connectivity index (χ3n) is 5.78. The fourth-order valence-electron chi connectivity index (χ4n) is 3.87. The van der Waals surface area contributed by atoms with Crippen LogP contribution in [0.3, 0.4) is 0 Å². The van der Waals surface area contributed by atoms with Crippen LogP contribution in [0.2, 0.25) is 10.0 Å². The predicted octanol–water partition coefficient (Wildman–Crippen LogP) is 4.69. The van der Waals surface area contributed by atoms with E-state index in [4.69, 9.17) is 27.9 Å². The Kier molecular flexibility index (Phi) is 5.62. The van der Waals surface area contributed by atoms with E-state index in [-0.39, 0.29) is 27.6 Å². The minimum Gasteiger partial charge on any atom is -0.396 e. The second-order valence-corrected chi connectivity index (χ2v) is 8.98. The molecule has 5 rings (SSSR count). The lowest BCUT2D eigenvalue weighted by molar-refractivity contribution is -0.128. The van der Waals surface area contributed by atoms with Crippen molar-refractivity contribution in [3.63, 3.8) is 0 Å². The number of rotatable bonds is 6. The first-order valence-electron chi connectivity index (χ1n) is 10.2. The number of nitrogens with one attached hydrogen (secondary N) is 3. The van der Waals surface area contributed by atoms with Gasteiger partial charge in [-0.25, -0.2) is 9.37 Å². The van der Waals surface area contributed by atoms with Crippen LogP contribution in [0.25, 0.3) is 21.7 Å². The van der Waals surface area contributed by atoms with E-state index in [1.54, 1.807) is 12.1 Å². The molecule has 1 fully saturated rings. The molecule has 2 aromatic heterocycles. The quantitative estimate of drug-likeness (QED) is 0.294. The van der Waals surface area contributed by atoms with E-state index in [1.807, 2.05) is 12.1 Å². The fourth-order valence-corrected chi connectivity index (χ4v) is 4.43. The number of hydrogen-bond donors (Lipinski definition) is 4. The molecule has 0 radical (unpaired) electrons. The third-order valence-corrected chi connectivity index (χ3v) is 6.38. The van der Waals surface area contributed by atoms with Gasteiger partial charge in [-0.3, -0.25) is 4.79 Å². The highest BCUT2D eigenvalue weighted by atomic mass is 35.5.